The fraction of sp³-hybridized carbons (Fsp3) is 0.542. The quantitative estimate of drug-likeness (QED) is 0.634. The topological polar surface area (TPSA) is 76.3 Å². The van der Waals surface area contributed by atoms with Crippen LogP contribution in [-0.4, -0.2) is 59.7 Å². The Morgan fingerprint density at radius 2 is 1.88 bits per heavy atom. The molecule has 9 heteroatoms. The number of alkyl halides is 1. The molecule has 0 bridgehead atoms. The molecule has 2 fully saturated rings. The summed E-state index contributed by atoms with van der Waals surface area (Å²) in [5, 5.41) is 8.10. The molecule has 2 aromatic heterocycles. The molecule has 176 valence electrons. The summed E-state index contributed by atoms with van der Waals surface area (Å²) in [7, 11) is 0. The van der Waals surface area contributed by atoms with Crippen LogP contribution in [-0.2, 0) is 4.74 Å². The second-order valence-electron chi connectivity index (χ2n) is 9.14. The van der Waals surface area contributed by atoms with E-state index in [1.807, 2.05) is 24.8 Å². The molecule has 0 saturated carbocycles. The molecule has 0 radical (unpaired) electrons. The van der Waals surface area contributed by atoms with Gasteiger partial charge in [-0.25, -0.2) is 13.8 Å². The number of aryl methyl sites for hydroxylation is 3. The van der Waals surface area contributed by atoms with Gasteiger partial charge >= 0.3 is 0 Å². The molecular formula is C24H29F2N5O2. The number of nitrogens with one attached hydrogen (secondary N) is 1. The molecule has 2 saturated heterocycles. The van der Waals surface area contributed by atoms with E-state index in [-0.39, 0.29) is 24.1 Å². The van der Waals surface area contributed by atoms with Crippen molar-refractivity contribution in [3.8, 4) is 11.5 Å². The normalized spacial score (nSPS) is 22.3. The number of hydrogen-bond donors (Lipinski definition) is 1. The summed E-state index contributed by atoms with van der Waals surface area (Å²) in [4.78, 5) is 11.0. The molecule has 0 unspecified atom stereocenters. The zero-order chi connectivity index (χ0) is 23.1. The average molecular weight is 458 g/mol. The van der Waals surface area contributed by atoms with Crippen molar-refractivity contribution in [3.63, 3.8) is 0 Å². The van der Waals surface area contributed by atoms with Gasteiger partial charge in [-0.15, -0.1) is 0 Å². The molecule has 3 aromatic rings. The minimum absolute atomic E-state index is 0.159. The molecule has 0 amide bonds. The smallest absolute Gasteiger partial charge is 0.261 e. The van der Waals surface area contributed by atoms with Crippen molar-refractivity contribution in [3.05, 3.63) is 34.9 Å². The molecule has 4 heterocycles. The number of ether oxygens (including phenoxy) is 1. The standard InChI is InChI=1S/C24H29F2N5O2/c1-13-10-17-14(2)21(24-27-15(3)30-33-24)23(29-22(17)18(25)11-13)31-7-4-20(19(26)12-31)28-16-5-8-32-9-6-16/h10-11,16,19-20,28H,4-9,12H2,1-3H3/t19-,20-/m1/s1. The van der Waals surface area contributed by atoms with Crippen molar-refractivity contribution in [2.75, 3.05) is 31.2 Å². The van der Waals surface area contributed by atoms with Crippen LogP contribution in [0.15, 0.2) is 16.7 Å². The first kappa shape index (κ1) is 22.2. The highest BCUT2D eigenvalue weighted by atomic mass is 19.1. The molecular weight excluding hydrogens is 428 g/mol. The maximum Gasteiger partial charge on any atom is 0.261 e. The highest BCUT2D eigenvalue weighted by Crippen LogP contribution is 2.38. The second kappa shape index (κ2) is 8.95. The fourth-order valence-corrected chi connectivity index (χ4v) is 4.93. The molecule has 0 aliphatic carbocycles. The van der Waals surface area contributed by atoms with Gasteiger partial charge in [0.05, 0.1) is 12.1 Å². The van der Waals surface area contributed by atoms with Gasteiger partial charge in [0, 0.05) is 37.2 Å². The van der Waals surface area contributed by atoms with E-state index in [9.17, 15) is 4.39 Å². The van der Waals surface area contributed by atoms with E-state index in [1.165, 1.54) is 6.07 Å². The molecule has 2 aliphatic heterocycles. The summed E-state index contributed by atoms with van der Waals surface area (Å²) < 4.78 is 41.1. The SMILES string of the molecule is Cc1cc(F)c2nc(N3CC[C@@H](NC4CCOCC4)[C@H](F)C3)c(-c3nc(C)no3)c(C)c2c1. The number of rotatable bonds is 4. The van der Waals surface area contributed by atoms with E-state index in [0.717, 1.165) is 24.0 Å². The molecule has 0 spiro atoms. The number of hydrogen-bond acceptors (Lipinski definition) is 7. The lowest BCUT2D eigenvalue weighted by Crippen LogP contribution is -2.54. The van der Waals surface area contributed by atoms with Crippen LogP contribution in [0.4, 0.5) is 14.6 Å². The summed E-state index contributed by atoms with van der Waals surface area (Å²) in [5.74, 6) is 0.900. The summed E-state index contributed by atoms with van der Waals surface area (Å²) >= 11 is 0. The van der Waals surface area contributed by atoms with Gasteiger partial charge in [0.2, 0.25) is 0 Å². The largest absolute Gasteiger partial charge is 0.381 e. The molecule has 1 N–H and O–H groups in total. The van der Waals surface area contributed by atoms with Crippen LogP contribution in [0.25, 0.3) is 22.4 Å². The van der Waals surface area contributed by atoms with E-state index >= 15 is 4.39 Å². The minimum atomic E-state index is -1.08. The lowest BCUT2D eigenvalue weighted by molar-refractivity contribution is 0.0684. The lowest BCUT2D eigenvalue weighted by Gasteiger charge is -2.39. The number of halogens is 2. The first-order chi connectivity index (χ1) is 15.9. The number of fused-ring (bicyclic) bond motifs is 1. The number of nitrogens with zero attached hydrogens (tertiary/aromatic N) is 4. The van der Waals surface area contributed by atoms with Crippen molar-refractivity contribution in [1.82, 2.24) is 20.4 Å². The van der Waals surface area contributed by atoms with Gasteiger partial charge in [0.1, 0.15) is 23.3 Å². The van der Waals surface area contributed by atoms with Crippen molar-refractivity contribution in [1.29, 1.82) is 0 Å². The fourth-order valence-electron chi connectivity index (χ4n) is 4.93. The van der Waals surface area contributed by atoms with E-state index < -0.39 is 12.0 Å². The highest BCUT2D eigenvalue weighted by molar-refractivity contribution is 5.93. The third-order valence-corrected chi connectivity index (χ3v) is 6.68. The molecule has 1 aromatic carbocycles. The Bertz CT molecular complexity index is 1160. The van der Waals surface area contributed by atoms with Gasteiger partial charge in [-0.3, -0.25) is 0 Å². The number of anilines is 1. The van der Waals surface area contributed by atoms with Gasteiger partial charge in [0.15, 0.2) is 5.82 Å². The van der Waals surface area contributed by atoms with Crippen molar-refractivity contribution < 1.29 is 18.0 Å². The Balaban J connectivity index is 1.50. The van der Waals surface area contributed by atoms with Crippen LogP contribution < -0.4 is 10.2 Å². The van der Waals surface area contributed by atoms with Crippen molar-refractivity contribution in [2.24, 2.45) is 0 Å². The van der Waals surface area contributed by atoms with Crippen LogP contribution in [0.5, 0.6) is 0 Å². The summed E-state index contributed by atoms with van der Waals surface area (Å²) in [5.41, 5.74) is 2.50. The Morgan fingerprint density at radius 3 is 2.58 bits per heavy atom. The van der Waals surface area contributed by atoms with Crippen LogP contribution in [0, 0.1) is 26.6 Å². The Kier molecular flexibility index (Phi) is 6.01. The maximum atomic E-state index is 15.3. The average Bonchev–Trinajstić information content (AvgIpc) is 3.22. The Hall–Kier alpha value is -2.65. The number of piperidine rings is 1. The molecule has 5 rings (SSSR count). The summed E-state index contributed by atoms with van der Waals surface area (Å²) in [6.07, 6.45) is 1.34. The number of benzene rings is 1. The van der Waals surface area contributed by atoms with Gasteiger partial charge in [-0.05, 0) is 63.3 Å². The van der Waals surface area contributed by atoms with E-state index in [2.05, 4.69) is 20.4 Å². The van der Waals surface area contributed by atoms with Gasteiger partial charge in [-0.1, -0.05) is 5.16 Å². The summed E-state index contributed by atoms with van der Waals surface area (Å²) in [6.45, 7) is 7.66. The van der Waals surface area contributed by atoms with E-state index in [4.69, 9.17) is 9.26 Å². The van der Waals surface area contributed by atoms with Gasteiger partial charge < -0.3 is 19.5 Å². The van der Waals surface area contributed by atoms with Gasteiger partial charge in [-0.2, -0.15) is 4.98 Å². The Labute approximate surface area is 191 Å². The monoisotopic (exact) mass is 457 g/mol. The Morgan fingerprint density at radius 1 is 1.09 bits per heavy atom. The number of pyridine rings is 1. The maximum absolute atomic E-state index is 15.3. The van der Waals surface area contributed by atoms with Crippen LogP contribution in [0.1, 0.15) is 36.2 Å². The zero-order valence-corrected chi connectivity index (χ0v) is 19.2. The molecule has 33 heavy (non-hydrogen) atoms. The highest BCUT2D eigenvalue weighted by Gasteiger charge is 2.34. The summed E-state index contributed by atoms with van der Waals surface area (Å²) in [6, 6.07) is 3.43. The molecule has 2 aliphatic rings. The van der Waals surface area contributed by atoms with Crippen LogP contribution >= 0.6 is 0 Å². The second-order valence-corrected chi connectivity index (χ2v) is 9.14. The van der Waals surface area contributed by atoms with Gasteiger partial charge in [0.25, 0.3) is 5.89 Å². The third-order valence-electron chi connectivity index (χ3n) is 6.68. The lowest BCUT2D eigenvalue weighted by atomic mass is 9.97. The van der Waals surface area contributed by atoms with Crippen molar-refractivity contribution in [2.45, 2.75) is 58.3 Å². The number of aromatic nitrogens is 3. The van der Waals surface area contributed by atoms with E-state index in [1.54, 1.807) is 6.92 Å². The molecule has 2 atom stereocenters. The third kappa shape index (κ3) is 4.31. The van der Waals surface area contributed by atoms with Crippen LogP contribution in [0.3, 0.4) is 0 Å². The first-order valence-corrected chi connectivity index (χ1v) is 11.5. The van der Waals surface area contributed by atoms with Crippen LogP contribution in [0.2, 0.25) is 0 Å². The predicted octanol–water partition coefficient (Wildman–Crippen LogP) is 4.03. The minimum Gasteiger partial charge on any atom is -0.381 e. The zero-order valence-electron chi connectivity index (χ0n) is 19.2. The van der Waals surface area contributed by atoms with E-state index in [0.29, 0.717) is 54.7 Å². The van der Waals surface area contributed by atoms with Crippen molar-refractivity contribution >= 4 is 16.7 Å². The predicted molar refractivity (Wildman–Crippen MR) is 122 cm³/mol. The molecule has 7 nitrogen and oxygen atoms in total. The first-order valence-electron chi connectivity index (χ1n) is 11.5.